The van der Waals surface area contributed by atoms with Crippen molar-refractivity contribution in [2.24, 2.45) is 5.73 Å². The molecule has 0 spiro atoms. The largest absolute Gasteiger partial charge is 0.369 e. The normalized spacial score (nSPS) is 21.8. The van der Waals surface area contributed by atoms with E-state index < -0.39 is 5.41 Å². The second kappa shape index (κ2) is 7.12. The van der Waals surface area contributed by atoms with Crippen molar-refractivity contribution < 1.29 is 4.79 Å². The molecular formula is C22H24Cl2N2O. The lowest BCUT2D eigenvalue weighted by Gasteiger charge is -2.34. The van der Waals surface area contributed by atoms with Crippen LogP contribution in [-0.4, -0.2) is 24.4 Å². The molecule has 1 fully saturated rings. The van der Waals surface area contributed by atoms with Crippen LogP contribution in [0.2, 0.25) is 10.0 Å². The zero-order valence-corrected chi connectivity index (χ0v) is 17.0. The molecule has 5 heteroatoms. The van der Waals surface area contributed by atoms with Gasteiger partial charge in [0.1, 0.15) is 0 Å². The lowest BCUT2D eigenvalue weighted by atomic mass is 9.76. The van der Waals surface area contributed by atoms with E-state index in [-0.39, 0.29) is 11.8 Å². The number of amides is 1. The predicted octanol–water partition coefficient (Wildman–Crippen LogP) is 4.87. The van der Waals surface area contributed by atoms with E-state index in [4.69, 9.17) is 28.9 Å². The number of nitrogens with zero attached hydrogens (tertiary/aromatic N) is 1. The summed E-state index contributed by atoms with van der Waals surface area (Å²) in [5.41, 5.74) is 9.88. The van der Waals surface area contributed by atoms with Gasteiger partial charge in [-0.25, -0.2) is 0 Å². The van der Waals surface area contributed by atoms with Gasteiger partial charge >= 0.3 is 0 Å². The second-order valence-corrected chi connectivity index (χ2v) is 8.83. The number of rotatable bonds is 3. The zero-order valence-electron chi connectivity index (χ0n) is 15.5. The van der Waals surface area contributed by atoms with E-state index >= 15 is 0 Å². The molecule has 0 saturated heterocycles. The highest BCUT2D eigenvalue weighted by Crippen LogP contribution is 2.43. The summed E-state index contributed by atoms with van der Waals surface area (Å²) in [6, 6.07) is 12.3. The summed E-state index contributed by atoms with van der Waals surface area (Å²) in [4.78, 5) is 14.6. The minimum atomic E-state index is -0.522. The number of primary amides is 1. The molecule has 27 heavy (non-hydrogen) atoms. The standard InChI is InChI=1S/C22H24Cl2N2O/c1-26-12-18(17-10-16(23)11-20(24)19(17)13-26)14-5-4-6-15(9-14)22(21(25)27)7-2-3-8-22/h4-6,9-11,18H,2-3,7-8,12-13H2,1H3,(H2,25,27). The molecule has 0 aromatic heterocycles. The van der Waals surface area contributed by atoms with Crippen LogP contribution in [-0.2, 0) is 16.8 Å². The highest BCUT2D eigenvalue weighted by atomic mass is 35.5. The first-order valence-electron chi connectivity index (χ1n) is 9.47. The quantitative estimate of drug-likeness (QED) is 0.795. The Morgan fingerprint density at radius 2 is 1.93 bits per heavy atom. The Morgan fingerprint density at radius 3 is 2.63 bits per heavy atom. The van der Waals surface area contributed by atoms with Crippen LogP contribution < -0.4 is 5.73 Å². The molecule has 1 aliphatic heterocycles. The predicted molar refractivity (Wildman–Crippen MR) is 110 cm³/mol. The van der Waals surface area contributed by atoms with E-state index in [1.807, 2.05) is 18.2 Å². The minimum Gasteiger partial charge on any atom is -0.369 e. The highest BCUT2D eigenvalue weighted by Gasteiger charge is 2.41. The Morgan fingerprint density at radius 1 is 1.19 bits per heavy atom. The molecule has 1 aliphatic carbocycles. The second-order valence-electron chi connectivity index (χ2n) is 7.98. The lowest BCUT2D eigenvalue weighted by molar-refractivity contribution is -0.123. The summed E-state index contributed by atoms with van der Waals surface area (Å²) in [7, 11) is 2.10. The van der Waals surface area contributed by atoms with Crippen LogP contribution in [0.1, 0.15) is 53.9 Å². The molecule has 1 heterocycles. The fourth-order valence-electron chi connectivity index (χ4n) is 4.84. The van der Waals surface area contributed by atoms with E-state index in [9.17, 15) is 4.79 Å². The maximum absolute atomic E-state index is 12.3. The van der Waals surface area contributed by atoms with E-state index in [0.717, 1.165) is 54.9 Å². The van der Waals surface area contributed by atoms with Crippen LogP contribution in [0.4, 0.5) is 0 Å². The summed E-state index contributed by atoms with van der Waals surface area (Å²) in [5, 5.41) is 1.38. The number of carbonyl (C=O) groups is 1. The Bertz CT molecular complexity index is 890. The van der Waals surface area contributed by atoms with E-state index in [0.29, 0.717) is 5.02 Å². The number of fused-ring (bicyclic) bond motifs is 1. The van der Waals surface area contributed by atoms with Crippen molar-refractivity contribution in [1.29, 1.82) is 0 Å². The Balaban J connectivity index is 1.81. The smallest absolute Gasteiger partial charge is 0.228 e. The van der Waals surface area contributed by atoms with Crippen molar-refractivity contribution in [3.63, 3.8) is 0 Å². The highest BCUT2D eigenvalue weighted by molar-refractivity contribution is 6.35. The van der Waals surface area contributed by atoms with E-state index in [2.05, 4.69) is 30.1 Å². The summed E-state index contributed by atoms with van der Waals surface area (Å²) in [6.45, 7) is 1.70. The molecule has 0 bridgehead atoms. The fourth-order valence-corrected chi connectivity index (χ4v) is 5.41. The average Bonchev–Trinajstić information content (AvgIpc) is 3.13. The van der Waals surface area contributed by atoms with Crippen molar-refractivity contribution in [2.45, 2.75) is 43.6 Å². The minimum absolute atomic E-state index is 0.168. The summed E-state index contributed by atoms with van der Waals surface area (Å²) < 4.78 is 0. The van der Waals surface area contributed by atoms with Gasteiger partial charge in [-0.1, -0.05) is 60.3 Å². The number of hydrogen-bond donors (Lipinski definition) is 1. The van der Waals surface area contributed by atoms with Gasteiger partial charge in [0, 0.05) is 29.1 Å². The van der Waals surface area contributed by atoms with Crippen molar-refractivity contribution >= 4 is 29.1 Å². The van der Waals surface area contributed by atoms with Crippen LogP contribution >= 0.6 is 23.2 Å². The molecular weight excluding hydrogens is 379 g/mol. The number of carbonyl (C=O) groups excluding carboxylic acids is 1. The molecule has 2 aromatic rings. The fraction of sp³-hybridized carbons (Fsp3) is 0.409. The average molecular weight is 403 g/mol. The van der Waals surface area contributed by atoms with Crippen molar-refractivity contribution in [3.8, 4) is 0 Å². The first kappa shape index (κ1) is 18.8. The third-order valence-electron chi connectivity index (χ3n) is 6.26. The van der Waals surface area contributed by atoms with Gasteiger partial charge in [0.05, 0.1) is 5.41 Å². The van der Waals surface area contributed by atoms with Crippen molar-refractivity contribution in [2.75, 3.05) is 13.6 Å². The van der Waals surface area contributed by atoms with Crippen LogP contribution in [0.5, 0.6) is 0 Å². The Kier molecular flexibility index (Phi) is 4.96. The van der Waals surface area contributed by atoms with Crippen LogP contribution in [0.25, 0.3) is 0 Å². The van der Waals surface area contributed by atoms with Gasteiger partial charge in [0.2, 0.25) is 5.91 Å². The third-order valence-corrected chi connectivity index (χ3v) is 6.82. The van der Waals surface area contributed by atoms with Gasteiger partial charge in [-0.15, -0.1) is 0 Å². The molecule has 2 N–H and O–H groups in total. The van der Waals surface area contributed by atoms with Gasteiger partial charge in [-0.05, 0) is 54.3 Å². The van der Waals surface area contributed by atoms with Gasteiger partial charge in [0.25, 0.3) is 0 Å². The van der Waals surface area contributed by atoms with Crippen molar-refractivity contribution in [3.05, 3.63) is 68.7 Å². The number of halogens is 2. The zero-order chi connectivity index (χ0) is 19.2. The summed E-state index contributed by atoms with van der Waals surface area (Å²) in [5.74, 6) is -0.0365. The maximum atomic E-state index is 12.3. The first-order valence-corrected chi connectivity index (χ1v) is 10.2. The maximum Gasteiger partial charge on any atom is 0.228 e. The number of nitrogens with two attached hydrogens (primary N) is 1. The molecule has 1 amide bonds. The molecule has 142 valence electrons. The molecule has 2 aliphatic rings. The van der Waals surface area contributed by atoms with Gasteiger partial charge in [-0.2, -0.15) is 0 Å². The number of benzene rings is 2. The monoisotopic (exact) mass is 402 g/mol. The molecule has 1 unspecified atom stereocenters. The van der Waals surface area contributed by atoms with Gasteiger partial charge in [0.15, 0.2) is 0 Å². The van der Waals surface area contributed by atoms with Crippen LogP contribution in [0, 0.1) is 0 Å². The molecule has 4 rings (SSSR count). The van der Waals surface area contributed by atoms with E-state index in [1.165, 1.54) is 11.1 Å². The molecule has 3 nitrogen and oxygen atoms in total. The molecule has 1 atom stereocenters. The number of hydrogen-bond acceptors (Lipinski definition) is 2. The lowest BCUT2D eigenvalue weighted by Crippen LogP contribution is -2.39. The Labute approximate surface area is 170 Å². The topological polar surface area (TPSA) is 46.3 Å². The van der Waals surface area contributed by atoms with Crippen LogP contribution in [0.15, 0.2) is 36.4 Å². The van der Waals surface area contributed by atoms with Gasteiger partial charge < -0.3 is 10.6 Å². The Hall–Kier alpha value is -1.55. The third kappa shape index (κ3) is 3.26. The van der Waals surface area contributed by atoms with Crippen molar-refractivity contribution in [1.82, 2.24) is 4.90 Å². The van der Waals surface area contributed by atoms with E-state index in [1.54, 1.807) is 0 Å². The molecule has 1 saturated carbocycles. The SMILES string of the molecule is CN1Cc2c(Cl)cc(Cl)cc2C(c2cccc(C3(C(N)=O)CCCC3)c2)C1. The molecule has 2 aromatic carbocycles. The summed E-state index contributed by atoms with van der Waals surface area (Å²) in [6.07, 6.45) is 3.77. The first-order chi connectivity index (χ1) is 12.9. The molecule has 0 radical (unpaired) electrons. The van der Waals surface area contributed by atoms with Gasteiger partial charge in [-0.3, -0.25) is 4.79 Å². The number of likely N-dealkylation sites (N-methyl/N-ethyl adjacent to an activating group) is 1. The van der Waals surface area contributed by atoms with Crippen LogP contribution in [0.3, 0.4) is 0 Å². The summed E-state index contributed by atoms with van der Waals surface area (Å²) >= 11 is 12.8.